The van der Waals surface area contributed by atoms with E-state index in [1.54, 1.807) is 0 Å². The van der Waals surface area contributed by atoms with Crippen molar-refractivity contribution in [1.29, 1.82) is 0 Å². The number of nitrogens with zero attached hydrogens (tertiary/aromatic N) is 4. The Kier molecular flexibility index (Phi) is 4.56. The van der Waals surface area contributed by atoms with Crippen LogP contribution in [0.2, 0.25) is 0 Å². The Morgan fingerprint density at radius 1 is 1.33 bits per heavy atom. The van der Waals surface area contributed by atoms with Gasteiger partial charge in [-0.05, 0) is 25.0 Å². The highest BCUT2D eigenvalue weighted by Crippen LogP contribution is 2.41. The molecule has 0 saturated heterocycles. The van der Waals surface area contributed by atoms with E-state index in [2.05, 4.69) is 15.4 Å². The van der Waals surface area contributed by atoms with Gasteiger partial charge >= 0.3 is 6.18 Å². The summed E-state index contributed by atoms with van der Waals surface area (Å²) in [6.45, 7) is 0. The Balaban J connectivity index is 1.74. The van der Waals surface area contributed by atoms with Crippen molar-refractivity contribution in [3.63, 3.8) is 0 Å². The highest BCUT2D eigenvalue weighted by Gasteiger charge is 2.38. The first-order valence-corrected chi connectivity index (χ1v) is 8.78. The van der Waals surface area contributed by atoms with E-state index in [0.717, 1.165) is 31.2 Å². The van der Waals surface area contributed by atoms with E-state index >= 15 is 0 Å². The van der Waals surface area contributed by atoms with Gasteiger partial charge in [-0.25, -0.2) is 9.50 Å². The molecule has 1 fully saturated rings. The number of alkyl halides is 3. The third kappa shape index (κ3) is 3.51. The van der Waals surface area contributed by atoms with Crippen LogP contribution in [0.25, 0.3) is 5.65 Å². The van der Waals surface area contributed by atoms with Gasteiger partial charge in [0.1, 0.15) is 17.0 Å². The van der Waals surface area contributed by atoms with E-state index in [9.17, 15) is 28.1 Å². The van der Waals surface area contributed by atoms with Crippen molar-refractivity contribution in [1.82, 2.24) is 14.6 Å². The lowest BCUT2D eigenvalue weighted by Gasteiger charge is -2.12. The molecule has 0 aliphatic heterocycles. The number of nitrogens with one attached hydrogen (secondary N) is 1. The maximum Gasteiger partial charge on any atom is 0.433 e. The second-order valence-electron chi connectivity index (χ2n) is 6.73. The van der Waals surface area contributed by atoms with Crippen molar-refractivity contribution in [2.75, 3.05) is 12.4 Å². The first kappa shape index (κ1) is 19.6. The second-order valence-corrected chi connectivity index (χ2v) is 6.73. The van der Waals surface area contributed by atoms with Gasteiger partial charge < -0.3 is 10.1 Å². The molecule has 9 nitrogen and oxygen atoms in total. The van der Waals surface area contributed by atoms with Gasteiger partial charge in [0.2, 0.25) is 0 Å². The maximum atomic E-state index is 13.5. The van der Waals surface area contributed by atoms with Gasteiger partial charge in [0.25, 0.3) is 11.6 Å². The number of amides is 1. The van der Waals surface area contributed by atoms with Crippen molar-refractivity contribution in [3.8, 4) is 5.75 Å². The SMILES string of the molecule is COc1cc([N+](=O)[O-])ccc1NC(=O)c1cnn2c(C(F)(F)F)cc(C3CC3)nc12. The average Bonchev–Trinajstić information content (AvgIpc) is 3.45. The van der Waals surface area contributed by atoms with Crippen LogP contribution >= 0.6 is 0 Å². The standard InChI is InChI=1S/C18H14F3N5O4/c1-30-14-6-10(26(28)29)4-5-12(14)24-17(27)11-8-22-25-15(18(19,20)21)7-13(9-2-3-9)23-16(11)25/h4-9H,2-3H2,1H3,(H,24,27). The molecule has 156 valence electrons. The number of rotatable bonds is 5. The molecule has 4 rings (SSSR count). The van der Waals surface area contributed by atoms with Crippen molar-refractivity contribution < 1.29 is 27.6 Å². The minimum atomic E-state index is -4.67. The third-order valence-electron chi connectivity index (χ3n) is 4.67. The van der Waals surface area contributed by atoms with Crippen molar-refractivity contribution in [2.24, 2.45) is 0 Å². The van der Waals surface area contributed by atoms with Gasteiger partial charge in [-0.15, -0.1) is 0 Å². The van der Waals surface area contributed by atoms with Crippen LogP contribution in [-0.4, -0.2) is 32.5 Å². The monoisotopic (exact) mass is 421 g/mol. The van der Waals surface area contributed by atoms with Gasteiger partial charge in [-0.2, -0.15) is 18.3 Å². The molecule has 2 heterocycles. The number of carbonyl (C=O) groups excluding carboxylic acids is 1. The fourth-order valence-corrected chi connectivity index (χ4v) is 3.02. The Hall–Kier alpha value is -3.70. The highest BCUT2D eigenvalue weighted by molar-refractivity contribution is 6.08. The quantitative estimate of drug-likeness (QED) is 0.496. The first-order valence-electron chi connectivity index (χ1n) is 8.78. The Morgan fingerprint density at radius 2 is 2.07 bits per heavy atom. The topological polar surface area (TPSA) is 112 Å². The lowest BCUT2D eigenvalue weighted by molar-refractivity contribution is -0.384. The average molecular weight is 421 g/mol. The Morgan fingerprint density at radius 3 is 2.67 bits per heavy atom. The summed E-state index contributed by atoms with van der Waals surface area (Å²) < 4.78 is 46.1. The molecule has 30 heavy (non-hydrogen) atoms. The summed E-state index contributed by atoms with van der Waals surface area (Å²) in [5, 5.41) is 17.1. The summed E-state index contributed by atoms with van der Waals surface area (Å²) in [7, 11) is 1.27. The molecule has 3 aromatic rings. The van der Waals surface area contributed by atoms with E-state index < -0.39 is 22.7 Å². The Bertz CT molecular complexity index is 1170. The van der Waals surface area contributed by atoms with Crippen LogP contribution in [-0.2, 0) is 6.18 Å². The van der Waals surface area contributed by atoms with E-state index in [1.807, 2.05) is 0 Å². The maximum absolute atomic E-state index is 13.5. The molecule has 0 spiro atoms. The van der Waals surface area contributed by atoms with E-state index in [-0.39, 0.29) is 39.9 Å². The number of fused-ring (bicyclic) bond motifs is 1. The summed E-state index contributed by atoms with van der Waals surface area (Å²) in [6, 6.07) is 4.51. The number of non-ortho nitro benzene ring substituents is 1. The number of methoxy groups -OCH3 is 1. The molecule has 1 aliphatic carbocycles. The normalized spacial score (nSPS) is 14.0. The minimum Gasteiger partial charge on any atom is -0.494 e. The van der Waals surface area contributed by atoms with E-state index in [1.165, 1.54) is 19.2 Å². The molecule has 1 amide bonds. The van der Waals surface area contributed by atoms with Crippen LogP contribution in [0.1, 0.15) is 40.5 Å². The third-order valence-corrected chi connectivity index (χ3v) is 4.67. The second kappa shape index (κ2) is 6.97. The van der Waals surface area contributed by atoms with Crippen LogP contribution in [0, 0.1) is 10.1 Å². The van der Waals surface area contributed by atoms with E-state index in [4.69, 9.17) is 4.74 Å². The van der Waals surface area contributed by atoms with Crippen molar-refractivity contribution in [3.05, 3.63) is 57.5 Å². The summed E-state index contributed by atoms with van der Waals surface area (Å²) in [4.78, 5) is 27.3. The fraction of sp³-hybridized carbons (Fsp3) is 0.278. The predicted molar refractivity (Wildman–Crippen MR) is 97.6 cm³/mol. The number of ether oxygens (including phenoxy) is 1. The summed E-state index contributed by atoms with van der Waals surface area (Å²) in [6.07, 6.45) is -2.21. The van der Waals surface area contributed by atoms with Crippen molar-refractivity contribution >= 4 is 22.9 Å². The predicted octanol–water partition coefficient (Wildman–Crippen LogP) is 3.79. The zero-order chi connectivity index (χ0) is 21.6. The molecule has 0 unspecified atom stereocenters. The molecule has 12 heteroatoms. The zero-order valence-electron chi connectivity index (χ0n) is 15.4. The van der Waals surface area contributed by atoms with E-state index in [0.29, 0.717) is 4.52 Å². The summed E-state index contributed by atoms with van der Waals surface area (Å²) in [5.74, 6) is -0.820. The van der Waals surface area contributed by atoms with Crippen LogP contribution in [0.4, 0.5) is 24.5 Å². The number of nitro benzene ring substituents is 1. The molecular weight excluding hydrogens is 407 g/mol. The van der Waals surface area contributed by atoms with Gasteiger partial charge in [-0.1, -0.05) is 0 Å². The number of hydrogen-bond donors (Lipinski definition) is 1. The molecular formula is C18H14F3N5O4. The Labute approximate surface area is 166 Å². The van der Waals surface area contributed by atoms with Crippen LogP contribution in [0.3, 0.4) is 0 Å². The first-order chi connectivity index (χ1) is 14.2. The van der Waals surface area contributed by atoms with Crippen molar-refractivity contribution in [2.45, 2.75) is 24.9 Å². The molecule has 1 N–H and O–H groups in total. The molecule has 0 atom stereocenters. The number of nitro groups is 1. The highest BCUT2D eigenvalue weighted by atomic mass is 19.4. The molecule has 1 aromatic carbocycles. The fourth-order valence-electron chi connectivity index (χ4n) is 3.02. The van der Waals surface area contributed by atoms with Gasteiger partial charge in [0, 0.05) is 17.7 Å². The molecule has 0 radical (unpaired) electrons. The lowest BCUT2D eigenvalue weighted by atomic mass is 10.2. The van der Waals surface area contributed by atoms with Crippen LogP contribution in [0.15, 0.2) is 30.5 Å². The number of halogens is 3. The largest absolute Gasteiger partial charge is 0.494 e. The molecule has 1 saturated carbocycles. The van der Waals surface area contributed by atoms with Crippen LogP contribution in [0.5, 0.6) is 5.75 Å². The molecule has 1 aliphatic rings. The number of carbonyl (C=O) groups is 1. The number of hydrogen-bond acceptors (Lipinski definition) is 6. The number of anilines is 1. The molecule has 0 bridgehead atoms. The van der Waals surface area contributed by atoms with Gasteiger partial charge in [-0.3, -0.25) is 14.9 Å². The summed E-state index contributed by atoms with van der Waals surface area (Å²) >= 11 is 0. The van der Waals surface area contributed by atoms with Crippen LogP contribution < -0.4 is 10.1 Å². The number of aromatic nitrogens is 3. The van der Waals surface area contributed by atoms with Gasteiger partial charge in [0.05, 0.1) is 30.0 Å². The molecule has 2 aromatic heterocycles. The van der Waals surface area contributed by atoms with Gasteiger partial charge in [0.15, 0.2) is 5.65 Å². The smallest absolute Gasteiger partial charge is 0.433 e. The zero-order valence-corrected chi connectivity index (χ0v) is 15.4. The number of benzene rings is 1. The minimum absolute atomic E-state index is 0.0247. The lowest BCUT2D eigenvalue weighted by Crippen LogP contribution is -2.16. The summed E-state index contributed by atoms with van der Waals surface area (Å²) in [5.41, 5.74) is -1.26.